The van der Waals surface area contributed by atoms with Crippen LogP contribution in [0.15, 0.2) is 29.8 Å². The van der Waals surface area contributed by atoms with Crippen LogP contribution in [0.1, 0.15) is 11.8 Å². The lowest BCUT2D eigenvalue weighted by atomic mass is 10.3. The molecule has 2 heterocycles. The zero-order valence-corrected chi connectivity index (χ0v) is 14.3. The van der Waals surface area contributed by atoms with Crippen molar-refractivity contribution >= 4 is 46.9 Å². The van der Waals surface area contributed by atoms with Crippen molar-refractivity contribution in [1.82, 2.24) is 4.57 Å². The van der Waals surface area contributed by atoms with E-state index in [4.69, 9.17) is 28.6 Å². The number of benzene rings is 1. The highest BCUT2D eigenvalue weighted by atomic mass is 35.5. The van der Waals surface area contributed by atoms with E-state index in [-0.39, 0.29) is 5.88 Å². The van der Waals surface area contributed by atoms with Crippen LogP contribution in [0.3, 0.4) is 0 Å². The Morgan fingerprint density at radius 2 is 2.27 bits per heavy atom. The lowest BCUT2D eigenvalue weighted by Crippen LogP contribution is -2.18. The SMILES string of the molecule is CCN1C(=C=Cc2sc(=S)n(C)c2O)Oc2cc(Cl)ccc21. The summed E-state index contributed by atoms with van der Waals surface area (Å²) in [6, 6.07) is 5.52. The number of aromatic nitrogens is 1. The van der Waals surface area contributed by atoms with Crippen LogP contribution in [0.4, 0.5) is 5.69 Å². The Bertz CT molecular complexity index is 863. The number of ether oxygens (including phenoxy) is 1. The van der Waals surface area contributed by atoms with Gasteiger partial charge >= 0.3 is 0 Å². The standard InChI is InChI=1S/C15H13ClN2O2S2/c1-3-18-10-5-4-9(16)8-11(10)20-13(18)7-6-12-14(19)17(2)15(21)22-12/h4-6,8,19H,3H2,1-2H3. The summed E-state index contributed by atoms with van der Waals surface area (Å²) < 4.78 is 7.95. The van der Waals surface area contributed by atoms with Crippen LogP contribution < -0.4 is 9.64 Å². The highest BCUT2D eigenvalue weighted by Crippen LogP contribution is 2.40. The van der Waals surface area contributed by atoms with Gasteiger partial charge < -0.3 is 14.7 Å². The molecule has 3 rings (SSSR count). The first-order valence-electron chi connectivity index (χ1n) is 6.61. The van der Waals surface area contributed by atoms with Gasteiger partial charge in [0.1, 0.15) is 0 Å². The van der Waals surface area contributed by atoms with Gasteiger partial charge in [-0.1, -0.05) is 17.3 Å². The summed E-state index contributed by atoms with van der Waals surface area (Å²) in [6.07, 6.45) is 1.68. The van der Waals surface area contributed by atoms with Crippen LogP contribution in [0.5, 0.6) is 11.6 Å². The topological polar surface area (TPSA) is 37.6 Å². The summed E-state index contributed by atoms with van der Waals surface area (Å²) in [5.74, 6) is 1.40. The second-order valence-corrected chi connectivity index (χ2v) is 6.78. The molecule has 0 saturated heterocycles. The number of rotatable bonds is 2. The number of halogens is 1. The van der Waals surface area contributed by atoms with Crippen LogP contribution in [0, 0.1) is 3.95 Å². The number of fused-ring (bicyclic) bond motifs is 1. The number of hydrogen-bond donors (Lipinski definition) is 1. The third-order valence-electron chi connectivity index (χ3n) is 3.32. The second kappa shape index (κ2) is 5.82. The molecule has 1 aromatic heterocycles. The Morgan fingerprint density at radius 3 is 2.91 bits per heavy atom. The Kier molecular flexibility index (Phi) is 4.02. The number of anilines is 1. The molecule has 1 N–H and O–H groups in total. The molecule has 0 amide bonds. The first-order valence-corrected chi connectivity index (χ1v) is 8.22. The molecule has 1 aromatic carbocycles. The fourth-order valence-corrected chi connectivity index (χ4v) is 3.44. The molecule has 0 spiro atoms. The minimum Gasteiger partial charge on any atom is -0.493 e. The number of thiazole rings is 1. The van der Waals surface area contributed by atoms with Crippen molar-refractivity contribution in [3.63, 3.8) is 0 Å². The van der Waals surface area contributed by atoms with Crippen LogP contribution in [-0.2, 0) is 7.05 Å². The van der Waals surface area contributed by atoms with Crippen molar-refractivity contribution < 1.29 is 9.84 Å². The molecule has 2 aromatic rings. The van der Waals surface area contributed by atoms with Gasteiger partial charge in [0.05, 0.1) is 10.6 Å². The van der Waals surface area contributed by atoms with Gasteiger partial charge in [-0.15, -0.1) is 11.3 Å². The Morgan fingerprint density at radius 1 is 1.50 bits per heavy atom. The third-order valence-corrected chi connectivity index (χ3v) is 5.04. The fourth-order valence-electron chi connectivity index (χ4n) is 2.16. The van der Waals surface area contributed by atoms with Gasteiger partial charge in [0.2, 0.25) is 11.8 Å². The molecule has 0 aliphatic carbocycles. The molecule has 0 radical (unpaired) electrons. The van der Waals surface area contributed by atoms with Gasteiger partial charge in [0.15, 0.2) is 9.70 Å². The number of hydrogen-bond acceptors (Lipinski definition) is 5. The van der Waals surface area contributed by atoms with Crippen LogP contribution in [0.25, 0.3) is 6.08 Å². The van der Waals surface area contributed by atoms with E-state index in [1.165, 1.54) is 11.3 Å². The van der Waals surface area contributed by atoms with E-state index in [1.807, 2.05) is 24.0 Å². The summed E-state index contributed by atoms with van der Waals surface area (Å²) in [6.45, 7) is 2.76. The molecule has 0 bridgehead atoms. The van der Waals surface area contributed by atoms with Crippen molar-refractivity contribution in [2.45, 2.75) is 6.92 Å². The quantitative estimate of drug-likeness (QED) is 0.635. The molecule has 0 fully saturated rings. The van der Waals surface area contributed by atoms with Crippen molar-refractivity contribution in [3.8, 4) is 11.6 Å². The molecular weight excluding hydrogens is 340 g/mol. The average Bonchev–Trinajstić information content (AvgIpc) is 2.96. The fraction of sp³-hybridized carbons (Fsp3) is 0.200. The summed E-state index contributed by atoms with van der Waals surface area (Å²) in [5.41, 5.74) is 4.04. The van der Waals surface area contributed by atoms with Crippen molar-refractivity contribution in [2.24, 2.45) is 7.05 Å². The molecule has 7 heteroatoms. The van der Waals surface area contributed by atoms with E-state index in [0.717, 1.165) is 12.2 Å². The molecule has 0 atom stereocenters. The maximum Gasteiger partial charge on any atom is 0.246 e. The second-order valence-electron chi connectivity index (χ2n) is 4.67. The van der Waals surface area contributed by atoms with Gasteiger partial charge in [-0.25, -0.2) is 0 Å². The summed E-state index contributed by atoms with van der Waals surface area (Å²) in [4.78, 5) is 2.63. The molecule has 22 heavy (non-hydrogen) atoms. The molecule has 4 nitrogen and oxygen atoms in total. The van der Waals surface area contributed by atoms with Crippen molar-refractivity contribution in [1.29, 1.82) is 0 Å². The van der Waals surface area contributed by atoms with E-state index >= 15 is 0 Å². The molecule has 1 aliphatic heterocycles. The molecule has 0 saturated carbocycles. The largest absolute Gasteiger partial charge is 0.493 e. The van der Waals surface area contributed by atoms with Gasteiger partial charge in [-0.05, 0) is 31.3 Å². The van der Waals surface area contributed by atoms with Gasteiger partial charge in [0.25, 0.3) is 0 Å². The van der Waals surface area contributed by atoms with Crippen LogP contribution in [0.2, 0.25) is 5.02 Å². The lowest BCUT2D eigenvalue weighted by molar-refractivity contribution is 0.430. The normalized spacial score (nSPS) is 12.9. The zero-order valence-electron chi connectivity index (χ0n) is 12.0. The minimum absolute atomic E-state index is 0.129. The maximum atomic E-state index is 9.98. The predicted octanol–water partition coefficient (Wildman–Crippen LogP) is 4.55. The van der Waals surface area contributed by atoms with Crippen LogP contribution in [-0.4, -0.2) is 16.2 Å². The minimum atomic E-state index is 0.129. The zero-order chi connectivity index (χ0) is 15.9. The predicted molar refractivity (Wildman–Crippen MR) is 92.4 cm³/mol. The Labute approximate surface area is 142 Å². The van der Waals surface area contributed by atoms with Crippen molar-refractivity contribution in [2.75, 3.05) is 11.4 Å². The van der Waals surface area contributed by atoms with Gasteiger partial charge in [0, 0.05) is 30.8 Å². The highest BCUT2D eigenvalue weighted by Gasteiger charge is 2.24. The summed E-state index contributed by atoms with van der Waals surface area (Å²) in [7, 11) is 1.72. The Balaban J connectivity index is 2.03. The summed E-state index contributed by atoms with van der Waals surface area (Å²) >= 11 is 12.5. The molecular formula is C15H13ClN2O2S2. The maximum absolute atomic E-state index is 9.98. The monoisotopic (exact) mass is 352 g/mol. The summed E-state index contributed by atoms with van der Waals surface area (Å²) in [5, 5.41) is 10.6. The van der Waals surface area contributed by atoms with Crippen LogP contribution >= 0.6 is 35.2 Å². The average molecular weight is 353 g/mol. The van der Waals surface area contributed by atoms with E-state index in [9.17, 15) is 5.11 Å². The van der Waals surface area contributed by atoms with E-state index in [0.29, 0.717) is 25.5 Å². The lowest BCUT2D eigenvalue weighted by Gasteiger charge is -2.13. The van der Waals surface area contributed by atoms with Crippen molar-refractivity contribution in [3.05, 3.63) is 43.7 Å². The highest BCUT2D eigenvalue weighted by molar-refractivity contribution is 7.73. The molecule has 0 unspecified atom stereocenters. The first kappa shape index (κ1) is 15.2. The van der Waals surface area contributed by atoms with Gasteiger partial charge in [-0.3, -0.25) is 4.57 Å². The molecule has 114 valence electrons. The smallest absolute Gasteiger partial charge is 0.246 e. The van der Waals surface area contributed by atoms with E-state index in [1.54, 1.807) is 23.8 Å². The van der Waals surface area contributed by atoms with E-state index < -0.39 is 0 Å². The molecule has 1 aliphatic rings. The van der Waals surface area contributed by atoms with Gasteiger partial charge in [-0.2, -0.15) is 0 Å². The number of nitrogens with zero attached hydrogens (tertiary/aromatic N) is 2. The number of aromatic hydroxyl groups is 1. The Hall–Kier alpha value is -1.72. The first-order chi connectivity index (χ1) is 10.5. The van der Waals surface area contributed by atoms with E-state index in [2.05, 4.69) is 5.73 Å². The third kappa shape index (κ3) is 2.55.